The third kappa shape index (κ3) is 5.80. The maximum Gasteiger partial charge on any atom is 0.407 e. The first-order chi connectivity index (χ1) is 14.1. The van der Waals surface area contributed by atoms with E-state index in [-0.39, 0.29) is 30.0 Å². The average Bonchev–Trinajstić information content (AvgIpc) is 2.65. The molecule has 2 saturated carbocycles. The van der Waals surface area contributed by atoms with Crippen LogP contribution in [0.3, 0.4) is 0 Å². The van der Waals surface area contributed by atoms with Crippen LogP contribution in [0.4, 0.5) is 21.9 Å². The summed E-state index contributed by atoms with van der Waals surface area (Å²) < 4.78 is 5.29. The van der Waals surface area contributed by atoms with Crippen LogP contribution in [0.2, 0.25) is 0 Å². The van der Waals surface area contributed by atoms with Gasteiger partial charge in [-0.1, -0.05) is 19.3 Å². The number of nitrogens with one attached hydrogen (secondary N) is 2. The summed E-state index contributed by atoms with van der Waals surface area (Å²) >= 11 is 0. The molecule has 2 amide bonds. The van der Waals surface area contributed by atoms with Gasteiger partial charge >= 0.3 is 6.09 Å². The Balaban J connectivity index is 1.49. The quantitative estimate of drug-likeness (QED) is 0.623. The molecule has 0 aliphatic heterocycles. The number of nitrogens with two attached hydrogens (primary N) is 1. The molecule has 1 aromatic carbocycles. The van der Waals surface area contributed by atoms with E-state index in [0.717, 1.165) is 49.9 Å². The summed E-state index contributed by atoms with van der Waals surface area (Å²) in [5.74, 6) is 0.317. The van der Waals surface area contributed by atoms with E-state index < -0.39 is 5.60 Å². The summed E-state index contributed by atoms with van der Waals surface area (Å²) in [5, 5.41) is 6.33. The number of amides is 2. The third-order valence-corrected chi connectivity index (χ3v) is 5.93. The summed E-state index contributed by atoms with van der Waals surface area (Å²) in [7, 11) is 1.83. The number of carbonyl (C=O) groups excluding carboxylic acids is 2. The Morgan fingerprint density at radius 3 is 2.37 bits per heavy atom. The second-order valence-electron chi connectivity index (χ2n) is 9.66. The Morgan fingerprint density at radius 1 is 1.10 bits per heavy atom. The van der Waals surface area contributed by atoms with Crippen molar-refractivity contribution in [1.82, 2.24) is 5.32 Å². The smallest absolute Gasteiger partial charge is 0.407 e. The molecular weight excluding hydrogens is 380 g/mol. The van der Waals surface area contributed by atoms with Crippen molar-refractivity contribution in [3.63, 3.8) is 0 Å². The fourth-order valence-electron chi connectivity index (χ4n) is 4.19. The van der Waals surface area contributed by atoms with Gasteiger partial charge in [0, 0.05) is 30.7 Å². The van der Waals surface area contributed by atoms with Crippen molar-refractivity contribution in [2.24, 2.45) is 5.92 Å². The molecule has 0 saturated heterocycles. The van der Waals surface area contributed by atoms with Gasteiger partial charge in [0.1, 0.15) is 5.60 Å². The monoisotopic (exact) mass is 416 g/mol. The molecule has 0 spiro atoms. The van der Waals surface area contributed by atoms with Crippen molar-refractivity contribution in [3.05, 3.63) is 18.2 Å². The van der Waals surface area contributed by atoms with Crippen LogP contribution in [0.15, 0.2) is 18.2 Å². The zero-order valence-electron chi connectivity index (χ0n) is 18.7. The molecular formula is C23H36N4O3. The number of hydrogen-bond donors (Lipinski definition) is 3. The number of rotatable bonds is 5. The van der Waals surface area contributed by atoms with Crippen LogP contribution in [-0.4, -0.2) is 36.7 Å². The first kappa shape index (κ1) is 22.2. The van der Waals surface area contributed by atoms with Crippen LogP contribution < -0.4 is 21.3 Å². The Labute approximate surface area is 179 Å². The number of hydrogen-bond acceptors (Lipinski definition) is 5. The molecule has 2 aliphatic carbocycles. The summed E-state index contributed by atoms with van der Waals surface area (Å²) in [6.45, 7) is 5.55. The van der Waals surface area contributed by atoms with Crippen molar-refractivity contribution < 1.29 is 14.3 Å². The lowest BCUT2D eigenvalue weighted by molar-refractivity contribution is -0.123. The number of anilines is 3. The maximum atomic E-state index is 12.8. The molecule has 30 heavy (non-hydrogen) atoms. The number of alkyl carbamates (subject to hydrolysis) is 1. The highest BCUT2D eigenvalue weighted by Crippen LogP contribution is 2.32. The zero-order valence-corrected chi connectivity index (χ0v) is 18.7. The summed E-state index contributed by atoms with van der Waals surface area (Å²) in [6, 6.07) is 6.09. The van der Waals surface area contributed by atoms with Gasteiger partial charge in [-0.05, 0) is 64.7 Å². The molecule has 0 aromatic heterocycles. The molecule has 0 unspecified atom stereocenters. The van der Waals surface area contributed by atoms with Gasteiger partial charge in [-0.25, -0.2) is 4.79 Å². The van der Waals surface area contributed by atoms with Crippen LogP contribution in [0.25, 0.3) is 0 Å². The van der Waals surface area contributed by atoms with Gasteiger partial charge in [-0.15, -0.1) is 0 Å². The number of benzene rings is 1. The molecule has 3 rings (SSSR count). The van der Waals surface area contributed by atoms with Gasteiger partial charge in [0.2, 0.25) is 5.91 Å². The first-order valence-corrected chi connectivity index (χ1v) is 11.1. The zero-order chi connectivity index (χ0) is 21.9. The van der Waals surface area contributed by atoms with Crippen LogP contribution in [0.1, 0.15) is 65.7 Å². The lowest BCUT2D eigenvalue weighted by Gasteiger charge is -2.37. The van der Waals surface area contributed by atoms with Crippen LogP contribution >= 0.6 is 0 Å². The van der Waals surface area contributed by atoms with Crippen molar-refractivity contribution in [1.29, 1.82) is 0 Å². The highest BCUT2D eigenvalue weighted by Gasteiger charge is 2.32. The van der Waals surface area contributed by atoms with Crippen LogP contribution in [0, 0.1) is 5.92 Å². The van der Waals surface area contributed by atoms with E-state index in [9.17, 15) is 9.59 Å². The lowest BCUT2D eigenvalue weighted by Crippen LogP contribution is -2.50. The standard InChI is InChI=1S/C23H36N4O3/c1-23(2,3)30-22(29)26-17-12-16(13-17)25-20-11-10-18(14-19(20)24)27(4)21(28)15-8-6-5-7-9-15/h10-11,14-17,25H,5-9,12-13,24H2,1-4H3,(H,26,29)/t16-,17+. The van der Waals surface area contributed by atoms with E-state index in [0.29, 0.717) is 5.69 Å². The minimum atomic E-state index is -0.493. The average molecular weight is 417 g/mol. The minimum Gasteiger partial charge on any atom is -0.444 e. The number of nitrogens with zero attached hydrogens (tertiary/aromatic N) is 1. The first-order valence-electron chi connectivity index (χ1n) is 11.1. The number of ether oxygens (including phenoxy) is 1. The second kappa shape index (κ2) is 9.14. The van der Waals surface area contributed by atoms with Crippen molar-refractivity contribution in [2.45, 2.75) is 83.4 Å². The number of carbonyl (C=O) groups is 2. The summed E-state index contributed by atoms with van der Waals surface area (Å²) in [6.07, 6.45) is 6.75. The van der Waals surface area contributed by atoms with Crippen molar-refractivity contribution in [3.8, 4) is 0 Å². The van der Waals surface area contributed by atoms with Gasteiger partial charge in [0.15, 0.2) is 0 Å². The molecule has 2 fully saturated rings. The molecule has 166 valence electrons. The van der Waals surface area contributed by atoms with E-state index in [1.165, 1.54) is 6.42 Å². The van der Waals surface area contributed by atoms with E-state index in [1.807, 2.05) is 46.0 Å². The van der Waals surface area contributed by atoms with Crippen molar-refractivity contribution >= 4 is 29.1 Å². The van der Waals surface area contributed by atoms with Crippen molar-refractivity contribution in [2.75, 3.05) is 23.0 Å². The molecule has 0 bridgehead atoms. The van der Waals surface area contributed by atoms with Gasteiger partial charge in [0.25, 0.3) is 0 Å². The number of nitrogen functional groups attached to an aromatic ring is 1. The van der Waals surface area contributed by atoms with Crippen LogP contribution in [-0.2, 0) is 9.53 Å². The largest absolute Gasteiger partial charge is 0.444 e. The fraction of sp³-hybridized carbons (Fsp3) is 0.652. The highest BCUT2D eigenvalue weighted by atomic mass is 16.6. The maximum absolute atomic E-state index is 12.8. The Hall–Kier alpha value is -2.44. The van der Waals surface area contributed by atoms with Gasteiger partial charge < -0.3 is 26.0 Å². The van der Waals surface area contributed by atoms with Gasteiger partial charge in [0.05, 0.1) is 11.4 Å². The van der Waals surface area contributed by atoms with Crippen LogP contribution in [0.5, 0.6) is 0 Å². The third-order valence-electron chi connectivity index (χ3n) is 5.93. The molecule has 2 aliphatic rings. The SMILES string of the molecule is CN(C(=O)C1CCCCC1)c1ccc(N[C@H]2C[C@@H](NC(=O)OC(C)(C)C)C2)c(N)c1. The van der Waals surface area contributed by atoms with Gasteiger partial charge in [-0.3, -0.25) is 4.79 Å². The topological polar surface area (TPSA) is 96.7 Å². The summed E-state index contributed by atoms with van der Waals surface area (Å²) in [4.78, 5) is 26.3. The lowest BCUT2D eigenvalue weighted by atomic mass is 9.86. The molecule has 7 nitrogen and oxygen atoms in total. The predicted octanol–water partition coefficient (Wildman–Crippen LogP) is 4.28. The van der Waals surface area contributed by atoms with Gasteiger partial charge in [-0.2, -0.15) is 0 Å². The Morgan fingerprint density at radius 2 is 1.77 bits per heavy atom. The molecule has 0 radical (unpaired) electrons. The molecule has 0 atom stereocenters. The second-order valence-corrected chi connectivity index (χ2v) is 9.66. The molecule has 1 aromatic rings. The molecule has 4 N–H and O–H groups in total. The fourth-order valence-corrected chi connectivity index (χ4v) is 4.19. The van der Waals surface area contributed by atoms with E-state index in [4.69, 9.17) is 10.5 Å². The highest BCUT2D eigenvalue weighted by molar-refractivity contribution is 5.95. The van der Waals surface area contributed by atoms with E-state index in [2.05, 4.69) is 10.6 Å². The Bertz CT molecular complexity index is 762. The van der Waals surface area contributed by atoms with E-state index >= 15 is 0 Å². The van der Waals surface area contributed by atoms with E-state index in [1.54, 1.807) is 4.90 Å². The summed E-state index contributed by atoms with van der Waals surface area (Å²) in [5.41, 5.74) is 8.08. The molecule has 0 heterocycles. The normalized spacial score (nSPS) is 22.0. The molecule has 7 heteroatoms. The minimum absolute atomic E-state index is 0.108. The predicted molar refractivity (Wildman–Crippen MR) is 121 cm³/mol. The Kier molecular flexibility index (Phi) is 6.78.